The third-order valence-corrected chi connectivity index (χ3v) is 3.89. The van der Waals surface area contributed by atoms with Crippen molar-refractivity contribution in [1.82, 2.24) is 10.7 Å². The van der Waals surface area contributed by atoms with Gasteiger partial charge in [0.2, 0.25) is 5.91 Å². The summed E-state index contributed by atoms with van der Waals surface area (Å²) in [6, 6.07) is 7.94. The van der Waals surface area contributed by atoms with Gasteiger partial charge in [-0.05, 0) is 24.1 Å². The SMILES string of the molecule is O=C1CCN(c2cccc(C3CC(C(=O)O)CN3)c2)N1. The van der Waals surface area contributed by atoms with Gasteiger partial charge in [-0.25, -0.2) is 0 Å². The molecule has 2 aliphatic heterocycles. The van der Waals surface area contributed by atoms with Crippen molar-refractivity contribution in [2.24, 2.45) is 5.92 Å². The highest BCUT2D eigenvalue weighted by Gasteiger charge is 2.30. The van der Waals surface area contributed by atoms with E-state index in [0.717, 1.165) is 11.3 Å². The van der Waals surface area contributed by atoms with Gasteiger partial charge in [0.15, 0.2) is 0 Å². The van der Waals surface area contributed by atoms with E-state index < -0.39 is 5.97 Å². The van der Waals surface area contributed by atoms with Crippen LogP contribution in [0.4, 0.5) is 5.69 Å². The highest BCUT2D eigenvalue weighted by Crippen LogP contribution is 2.29. The maximum atomic E-state index is 11.3. The van der Waals surface area contributed by atoms with Gasteiger partial charge in [0, 0.05) is 25.6 Å². The minimum Gasteiger partial charge on any atom is -0.481 e. The first kappa shape index (κ1) is 12.9. The van der Waals surface area contributed by atoms with Gasteiger partial charge in [0.05, 0.1) is 11.6 Å². The number of carbonyl (C=O) groups excluding carboxylic acids is 1. The van der Waals surface area contributed by atoms with Gasteiger partial charge in [-0.15, -0.1) is 0 Å². The molecule has 2 fully saturated rings. The molecular formula is C14H17N3O3. The molecule has 2 atom stereocenters. The molecule has 1 aromatic rings. The fraction of sp³-hybridized carbons (Fsp3) is 0.429. The van der Waals surface area contributed by atoms with Crippen LogP contribution >= 0.6 is 0 Å². The van der Waals surface area contributed by atoms with Gasteiger partial charge < -0.3 is 10.4 Å². The second kappa shape index (κ2) is 5.13. The summed E-state index contributed by atoms with van der Waals surface area (Å²) >= 11 is 0. The van der Waals surface area contributed by atoms with Crippen molar-refractivity contribution in [3.63, 3.8) is 0 Å². The van der Waals surface area contributed by atoms with Gasteiger partial charge in [-0.3, -0.25) is 20.0 Å². The fourth-order valence-corrected chi connectivity index (χ4v) is 2.76. The van der Waals surface area contributed by atoms with E-state index in [0.29, 0.717) is 25.9 Å². The van der Waals surface area contributed by atoms with Crippen LogP contribution in [0.15, 0.2) is 24.3 Å². The standard InChI is InChI=1S/C14H17N3O3/c18-13-4-5-17(16-13)11-3-1-2-9(6-11)12-7-10(8-15-12)14(19)20/h1-3,6,10,12,15H,4-5,7-8H2,(H,16,18)(H,19,20). The first-order valence-corrected chi connectivity index (χ1v) is 6.76. The van der Waals surface area contributed by atoms with Crippen molar-refractivity contribution in [1.29, 1.82) is 0 Å². The Morgan fingerprint density at radius 2 is 2.25 bits per heavy atom. The number of hydrogen-bond acceptors (Lipinski definition) is 4. The van der Waals surface area contributed by atoms with Crippen molar-refractivity contribution < 1.29 is 14.7 Å². The van der Waals surface area contributed by atoms with Crippen LogP contribution in [0, 0.1) is 5.92 Å². The predicted molar refractivity (Wildman–Crippen MR) is 73.0 cm³/mol. The van der Waals surface area contributed by atoms with Gasteiger partial charge in [-0.1, -0.05) is 12.1 Å². The van der Waals surface area contributed by atoms with Gasteiger partial charge in [0.25, 0.3) is 0 Å². The molecule has 2 unspecified atom stereocenters. The number of aliphatic carboxylic acids is 1. The van der Waals surface area contributed by atoms with E-state index in [-0.39, 0.29) is 17.9 Å². The summed E-state index contributed by atoms with van der Waals surface area (Å²) in [7, 11) is 0. The minimum atomic E-state index is -0.747. The van der Waals surface area contributed by atoms with Crippen LogP contribution < -0.4 is 15.8 Å². The summed E-state index contributed by atoms with van der Waals surface area (Å²) in [6.07, 6.45) is 1.11. The van der Waals surface area contributed by atoms with Crippen LogP contribution in [0.3, 0.4) is 0 Å². The number of benzene rings is 1. The normalized spacial score (nSPS) is 25.8. The van der Waals surface area contributed by atoms with E-state index in [1.54, 1.807) is 0 Å². The number of carboxylic acid groups (broad SMARTS) is 1. The van der Waals surface area contributed by atoms with Crippen molar-refractivity contribution in [2.45, 2.75) is 18.9 Å². The molecule has 0 spiro atoms. The first-order valence-electron chi connectivity index (χ1n) is 6.76. The number of amides is 1. The minimum absolute atomic E-state index is 0.0281. The summed E-state index contributed by atoms with van der Waals surface area (Å²) < 4.78 is 0. The topological polar surface area (TPSA) is 81.7 Å². The molecule has 6 nitrogen and oxygen atoms in total. The van der Waals surface area contributed by atoms with Crippen molar-refractivity contribution in [2.75, 3.05) is 18.1 Å². The van der Waals surface area contributed by atoms with E-state index in [1.807, 2.05) is 29.3 Å². The fourth-order valence-electron chi connectivity index (χ4n) is 2.76. The van der Waals surface area contributed by atoms with Gasteiger partial charge >= 0.3 is 5.97 Å². The average Bonchev–Trinajstić information content (AvgIpc) is 3.07. The van der Waals surface area contributed by atoms with Crippen LogP contribution in [0.5, 0.6) is 0 Å². The Bertz CT molecular complexity index is 546. The molecular weight excluding hydrogens is 258 g/mol. The predicted octanol–water partition coefficient (Wildman–Crippen LogP) is 0.663. The zero-order valence-electron chi connectivity index (χ0n) is 11.0. The summed E-state index contributed by atoms with van der Waals surface area (Å²) in [5, 5.41) is 14.1. The third kappa shape index (κ3) is 2.46. The van der Waals surface area contributed by atoms with Crippen molar-refractivity contribution in [3.05, 3.63) is 29.8 Å². The Morgan fingerprint density at radius 3 is 2.90 bits per heavy atom. The molecule has 3 N–H and O–H groups in total. The van der Waals surface area contributed by atoms with Gasteiger partial charge in [-0.2, -0.15) is 0 Å². The zero-order valence-corrected chi connectivity index (χ0v) is 11.0. The molecule has 0 aliphatic carbocycles. The van der Waals surface area contributed by atoms with E-state index >= 15 is 0 Å². The lowest BCUT2D eigenvalue weighted by atomic mass is 10.00. The summed E-state index contributed by atoms with van der Waals surface area (Å²) in [5.41, 5.74) is 4.80. The second-order valence-corrected chi connectivity index (χ2v) is 5.26. The Hall–Kier alpha value is -2.08. The maximum Gasteiger partial charge on any atom is 0.307 e. The molecule has 2 heterocycles. The Morgan fingerprint density at radius 1 is 1.40 bits per heavy atom. The molecule has 0 radical (unpaired) electrons. The number of carboxylic acids is 1. The number of carbonyl (C=O) groups is 2. The average molecular weight is 275 g/mol. The molecule has 6 heteroatoms. The summed E-state index contributed by atoms with van der Waals surface area (Å²) in [4.78, 5) is 22.3. The first-order chi connectivity index (χ1) is 9.63. The van der Waals surface area contributed by atoms with Crippen LogP contribution in [0.2, 0.25) is 0 Å². The van der Waals surface area contributed by atoms with Gasteiger partial charge in [0.1, 0.15) is 0 Å². The van der Waals surface area contributed by atoms with E-state index in [2.05, 4.69) is 10.7 Å². The van der Waals surface area contributed by atoms with E-state index in [1.165, 1.54) is 0 Å². The number of anilines is 1. The third-order valence-electron chi connectivity index (χ3n) is 3.89. The van der Waals surface area contributed by atoms with Crippen molar-refractivity contribution >= 4 is 17.6 Å². The number of rotatable bonds is 3. The number of hydrogen-bond donors (Lipinski definition) is 3. The van der Waals surface area contributed by atoms with Crippen LogP contribution in [-0.4, -0.2) is 30.1 Å². The second-order valence-electron chi connectivity index (χ2n) is 5.26. The molecule has 2 aliphatic rings. The number of nitrogens with one attached hydrogen (secondary N) is 2. The lowest BCUT2D eigenvalue weighted by molar-refractivity contribution is -0.141. The van der Waals surface area contributed by atoms with E-state index in [4.69, 9.17) is 5.11 Å². The molecule has 2 saturated heterocycles. The molecule has 1 amide bonds. The Balaban J connectivity index is 1.75. The molecule has 1 aromatic carbocycles. The lowest BCUT2D eigenvalue weighted by Crippen LogP contribution is -2.33. The molecule has 0 bridgehead atoms. The molecule has 106 valence electrons. The number of hydrazine groups is 1. The molecule has 3 rings (SSSR count). The molecule has 0 saturated carbocycles. The van der Waals surface area contributed by atoms with E-state index in [9.17, 15) is 9.59 Å². The summed E-state index contributed by atoms with van der Waals surface area (Å²) in [6.45, 7) is 1.17. The maximum absolute atomic E-state index is 11.3. The highest BCUT2D eigenvalue weighted by molar-refractivity contribution is 5.81. The highest BCUT2D eigenvalue weighted by atomic mass is 16.4. The number of nitrogens with zero attached hydrogens (tertiary/aromatic N) is 1. The Kier molecular flexibility index (Phi) is 3.31. The largest absolute Gasteiger partial charge is 0.481 e. The summed E-state index contributed by atoms with van der Waals surface area (Å²) in [5.74, 6) is -1.04. The monoisotopic (exact) mass is 275 g/mol. The zero-order chi connectivity index (χ0) is 14.1. The van der Waals surface area contributed by atoms with Crippen LogP contribution in [0.25, 0.3) is 0 Å². The lowest BCUT2D eigenvalue weighted by Gasteiger charge is -2.19. The smallest absolute Gasteiger partial charge is 0.307 e. The molecule has 20 heavy (non-hydrogen) atoms. The molecule has 0 aromatic heterocycles. The van der Waals surface area contributed by atoms with Crippen LogP contribution in [-0.2, 0) is 9.59 Å². The van der Waals surface area contributed by atoms with Crippen LogP contribution in [0.1, 0.15) is 24.4 Å². The quantitative estimate of drug-likeness (QED) is 0.755. The van der Waals surface area contributed by atoms with Crippen molar-refractivity contribution in [3.8, 4) is 0 Å². The Labute approximate surface area is 116 Å².